The van der Waals surface area contributed by atoms with Gasteiger partial charge in [0, 0.05) is 0 Å². The fraction of sp³-hybridized carbons (Fsp3) is 0. The van der Waals surface area contributed by atoms with Crippen LogP contribution in [0.4, 0.5) is 9.52 Å². The van der Waals surface area contributed by atoms with Crippen molar-refractivity contribution < 1.29 is 14.3 Å². The van der Waals surface area contributed by atoms with Crippen LogP contribution in [0.1, 0.15) is 10.5 Å². The fourth-order valence-corrected chi connectivity index (χ4v) is 2.25. The van der Waals surface area contributed by atoms with Crippen LogP contribution in [0.25, 0.3) is 10.4 Å². The highest BCUT2D eigenvalue weighted by Gasteiger charge is 2.18. The number of rotatable bonds is 2. The molecule has 2 aromatic rings. The molecule has 0 fully saturated rings. The van der Waals surface area contributed by atoms with Crippen molar-refractivity contribution >= 4 is 34.0 Å². The summed E-state index contributed by atoms with van der Waals surface area (Å²) < 4.78 is 13.3. The highest BCUT2D eigenvalue weighted by atomic mass is 35.5. The molecule has 0 saturated carbocycles. The molecule has 7 heteroatoms. The third kappa shape index (κ3) is 2.22. The smallest absolute Gasteiger partial charge is 0.356 e. The van der Waals surface area contributed by atoms with Gasteiger partial charge in [0.25, 0.3) is 0 Å². The summed E-state index contributed by atoms with van der Waals surface area (Å²) in [5.74, 6) is -1.82. The molecule has 0 atom stereocenters. The second-order valence-corrected chi connectivity index (χ2v) is 4.60. The standard InChI is InChI=1S/C10H6ClFN2O2S/c11-5-2-1-4(3-6(5)12)8-7(9(15)16)14-10(13)17-8/h1-3H,(H2,13,14)(H,15,16). The number of nitrogen functional groups attached to an aromatic ring is 1. The molecule has 0 unspecified atom stereocenters. The molecule has 0 spiro atoms. The molecule has 1 aromatic carbocycles. The van der Waals surface area contributed by atoms with E-state index in [9.17, 15) is 9.18 Å². The Morgan fingerprint density at radius 3 is 2.82 bits per heavy atom. The number of hydrogen-bond donors (Lipinski definition) is 2. The first-order valence-electron chi connectivity index (χ1n) is 4.44. The van der Waals surface area contributed by atoms with Gasteiger partial charge in [-0.25, -0.2) is 14.2 Å². The lowest BCUT2D eigenvalue weighted by atomic mass is 10.1. The Hall–Kier alpha value is -1.66. The summed E-state index contributed by atoms with van der Waals surface area (Å²) in [4.78, 5) is 14.9. The first-order chi connectivity index (χ1) is 7.99. The molecule has 0 saturated heterocycles. The summed E-state index contributed by atoms with van der Waals surface area (Å²) in [6, 6.07) is 4.03. The van der Waals surface area contributed by atoms with Gasteiger partial charge in [-0.1, -0.05) is 29.0 Å². The van der Waals surface area contributed by atoms with Crippen LogP contribution in [-0.4, -0.2) is 16.1 Å². The fourth-order valence-electron chi connectivity index (χ4n) is 1.31. The Labute approximate surface area is 104 Å². The van der Waals surface area contributed by atoms with Crippen LogP contribution in [0.2, 0.25) is 5.02 Å². The third-order valence-corrected chi connectivity index (χ3v) is 3.27. The normalized spacial score (nSPS) is 10.5. The summed E-state index contributed by atoms with van der Waals surface area (Å²) >= 11 is 6.53. The van der Waals surface area contributed by atoms with E-state index in [2.05, 4.69) is 4.98 Å². The van der Waals surface area contributed by atoms with Gasteiger partial charge >= 0.3 is 5.97 Å². The number of hydrogen-bond acceptors (Lipinski definition) is 4. The average Bonchev–Trinajstić information content (AvgIpc) is 2.64. The summed E-state index contributed by atoms with van der Waals surface area (Å²) in [6.07, 6.45) is 0. The Bertz CT molecular complexity index is 600. The summed E-state index contributed by atoms with van der Waals surface area (Å²) in [6.45, 7) is 0. The molecule has 2 rings (SSSR count). The Kier molecular flexibility index (Phi) is 2.99. The number of thiazole rings is 1. The molecule has 88 valence electrons. The molecular formula is C10H6ClFN2O2S. The largest absolute Gasteiger partial charge is 0.476 e. The van der Waals surface area contributed by atoms with E-state index >= 15 is 0 Å². The molecule has 1 heterocycles. The van der Waals surface area contributed by atoms with Gasteiger partial charge in [-0.15, -0.1) is 0 Å². The molecule has 0 aliphatic heterocycles. The number of carbonyl (C=O) groups is 1. The van der Waals surface area contributed by atoms with Crippen LogP contribution >= 0.6 is 22.9 Å². The Balaban J connectivity index is 2.59. The summed E-state index contributed by atoms with van der Waals surface area (Å²) in [7, 11) is 0. The summed E-state index contributed by atoms with van der Waals surface area (Å²) in [5, 5.41) is 9.03. The SMILES string of the molecule is Nc1nc(C(=O)O)c(-c2ccc(Cl)c(F)c2)s1. The monoisotopic (exact) mass is 272 g/mol. The molecule has 1 aromatic heterocycles. The molecule has 4 nitrogen and oxygen atoms in total. The third-order valence-electron chi connectivity index (χ3n) is 2.03. The Morgan fingerprint density at radius 2 is 2.24 bits per heavy atom. The number of carboxylic acid groups (broad SMARTS) is 1. The maximum Gasteiger partial charge on any atom is 0.356 e. The van der Waals surface area contributed by atoms with Crippen LogP contribution < -0.4 is 5.73 Å². The van der Waals surface area contributed by atoms with E-state index in [-0.39, 0.29) is 15.8 Å². The summed E-state index contributed by atoms with van der Waals surface area (Å²) in [5.41, 5.74) is 5.65. The van der Waals surface area contributed by atoms with Crippen LogP contribution in [0, 0.1) is 5.82 Å². The minimum absolute atomic E-state index is 0.0249. The first-order valence-corrected chi connectivity index (χ1v) is 5.63. The van der Waals surface area contributed by atoms with Gasteiger partial charge in [-0.05, 0) is 17.7 Å². The van der Waals surface area contributed by atoms with Crippen molar-refractivity contribution in [2.24, 2.45) is 0 Å². The van der Waals surface area contributed by atoms with E-state index in [4.69, 9.17) is 22.4 Å². The number of aromatic carboxylic acids is 1. The number of aromatic nitrogens is 1. The lowest BCUT2D eigenvalue weighted by Gasteiger charge is -2.00. The van der Waals surface area contributed by atoms with Crippen molar-refractivity contribution in [1.29, 1.82) is 0 Å². The number of benzene rings is 1. The predicted octanol–water partition coefficient (Wildman–Crippen LogP) is 2.88. The van der Waals surface area contributed by atoms with E-state index in [1.54, 1.807) is 0 Å². The zero-order chi connectivity index (χ0) is 12.6. The number of nitrogens with two attached hydrogens (primary N) is 1. The van der Waals surface area contributed by atoms with E-state index in [0.717, 1.165) is 17.4 Å². The number of carboxylic acids is 1. The number of halogens is 2. The van der Waals surface area contributed by atoms with Crippen molar-refractivity contribution in [2.75, 3.05) is 5.73 Å². The zero-order valence-corrected chi connectivity index (χ0v) is 9.85. The molecule has 17 heavy (non-hydrogen) atoms. The van der Waals surface area contributed by atoms with Crippen molar-refractivity contribution in [1.82, 2.24) is 4.98 Å². The number of anilines is 1. The van der Waals surface area contributed by atoms with Gasteiger partial charge in [-0.3, -0.25) is 0 Å². The highest BCUT2D eigenvalue weighted by Crippen LogP contribution is 2.33. The van der Waals surface area contributed by atoms with Crippen molar-refractivity contribution in [3.63, 3.8) is 0 Å². The maximum atomic E-state index is 13.3. The van der Waals surface area contributed by atoms with Gasteiger partial charge in [0.15, 0.2) is 10.8 Å². The highest BCUT2D eigenvalue weighted by molar-refractivity contribution is 7.19. The zero-order valence-electron chi connectivity index (χ0n) is 8.28. The second kappa shape index (κ2) is 4.31. The lowest BCUT2D eigenvalue weighted by Crippen LogP contribution is -1.99. The molecule has 0 aliphatic carbocycles. The predicted molar refractivity (Wildman–Crippen MR) is 63.9 cm³/mol. The molecule has 0 aliphatic rings. The van der Waals surface area contributed by atoms with Crippen LogP contribution in [0.3, 0.4) is 0 Å². The van der Waals surface area contributed by atoms with E-state index in [0.29, 0.717) is 10.4 Å². The average molecular weight is 273 g/mol. The number of nitrogens with zero attached hydrogens (tertiary/aromatic N) is 1. The topological polar surface area (TPSA) is 76.2 Å². The molecule has 0 amide bonds. The lowest BCUT2D eigenvalue weighted by molar-refractivity contribution is 0.0692. The van der Waals surface area contributed by atoms with Gasteiger partial charge in [0.2, 0.25) is 0 Å². The van der Waals surface area contributed by atoms with E-state index in [1.165, 1.54) is 12.1 Å². The molecule has 0 radical (unpaired) electrons. The first kappa shape index (κ1) is 11.8. The van der Waals surface area contributed by atoms with E-state index < -0.39 is 11.8 Å². The second-order valence-electron chi connectivity index (χ2n) is 3.16. The molecule has 3 N–H and O–H groups in total. The van der Waals surface area contributed by atoms with Crippen molar-refractivity contribution in [3.8, 4) is 10.4 Å². The van der Waals surface area contributed by atoms with Crippen molar-refractivity contribution in [3.05, 3.63) is 34.7 Å². The van der Waals surface area contributed by atoms with Crippen molar-refractivity contribution in [2.45, 2.75) is 0 Å². The van der Waals surface area contributed by atoms with Crippen LogP contribution in [-0.2, 0) is 0 Å². The molecule has 0 bridgehead atoms. The van der Waals surface area contributed by atoms with Gasteiger partial charge < -0.3 is 10.8 Å². The minimum atomic E-state index is -1.21. The maximum absolute atomic E-state index is 13.3. The van der Waals surface area contributed by atoms with Gasteiger partial charge in [-0.2, -0.15) is 0 Å². The van der Waals surface area contributed by atoms with Gasteiger partial charge in [0.1, 0.15) is 5.82 Å². The van der Waals surface area contributed by atoms with Crippen LogP contribution in [0.15, 0.2) is 18.2 Å². The Morgan fingerprint density at radius 1 is 1.53 bits per heavy atom. The van der Waals surface area contributed by atoms with Gasteiger partial charge in [0.05, 0.1) is 9.90 Å². The van der Waals surface area contributed by atoms with Crippen LogP contribution in [0.5, 0.6) is 0 Å². The molecular weight excluding hydrogens is 267 g/mol. The minimum Gasteiger partial charge on any atom is -0.476 e. The quantitative estimate of drug-likeness (QED) is 0.881. The van der Waals surface area contributed by atoms with E-state index in [1.807, 2.05) is 0 Å².